The Hall–Kier alpha value is -0.600. The van der Waals surface area contributed by atoms with Crippen LogP contribution in [0.2, 0.25) is 0 Å². The van der Waals surface area contributed by atoms with Crippen LogP contribution < -0.4 is 0 Å². The van der Waals surface area contributed by atoms with E-state index in [1.165, 1.54) is 12.0 Å². The summed E-state index contributed by atoms with van der Waals surface area (Å²) >= 11 is 0. The quantitative estimate of drug-likeness (QED) is 0.711. The summed E-state index contributed by atoms with van der Waals surface area (Å²) in [5, 5.41) is 21.2. The van der Waals surface area contributed by atoms with Crippen LogP contribution in [0.15, 0.2) is 24.3 Å². The summed E-state index contributed by atoms with van der Waals surface area (Å²) in [4.78, 5) is 0. The van der Waals surface area contributed by atoms with Crippen molar-refractivity contribution >= 4 is 0 Å². The second-order valence-corrected chi connectivity index (χ2v) is 9.28. The van der Waals surface area contributed by atoms with Crippen LogP contribution in [0.25, 0.3) is 0 Å². The molecule has 0 aromatic rings. The minimum atomic E-state index is -0.670. The predicted octanol–water partition coefficient (Wildman–Crippen LogP) is 4.23. The summed E-state index contributed by atoms with van der Waals surface area (Å²) in [6.45, 7) is 8.72. The Kier molecular flexibility index (Phi) is 3.42. The molecule has 0 spiro atoms. The van der Waals surface area contributed by atoms with Gasteiger partial charge < -0.3 is 10.2 Å². The van der Waals surface area contributed by atoms with Crippen molar-refractivity contribution in [3.05, 3.63) is 24.3 Å². The van der Waals surface area contributed by atoms with Gasteiger partial charge in [0.05, 0.1) is 11.7 Å². The van der Waals surface area contributed by atoms with Crippen molar-refractivity contribution < 1.29 is 10.2 Å². The van der Waals surface area contributed by atoms with E-state index in [1.54, 1.807) is 0 Å². The highest BCUT2D eigenvalue weighted by Gasteiger charge is 2.62. The topological polar surface area (TPSA) is 40.5 Å². The molecule has 4 aliphatic rings. The molecule has 0 saturated heterocycles. The summed E-state index contributed by atoms with van der Waals surface area (Å²) in [6, 6.07) is 0. The Bertz CT molecular complexity index is 552. The van der Waals surface area contributed by atoms with Gasteiger partial charge in [0.1, 0.15) is 0 Å². The van der Waals surface area contributed by atoms with Crippen molar-refractivity contribution in [2.75, 3.05) is 0 Å². The Morgan fingerprint density at radius 1 is 1.13 bits per heavy atom. The van der Waals surface area contributed by atoms with Crippen LogP contribution in [0.1, 0.15) is 65.2 Å². The highest BCUT2D eigenvalue weighted by Crippen LogP contribution is 2.67. The molecule has 0 unspecified atom stereocenters. The maximum Gasteiger partial charge on any atom is 0.0881 e. The van der Waals surface area contributed by atoms with E-state index in [9.17, 15) is 10.2 Å². The molecule has 128 valence electrons. The van der Waals surface area contributed by atoms with Crippen molar-refractivity contribution in [3.63, 3.8) is 0 Å². The molecule has 23 heavy (non-hydrogen) atoms. The van der Waals surface area contributed by atoms with E-state index < -0.39 is 5.60 Å². The first kappa shape index (κ1) is 15.9. The number of rotatable bonds is 1. The van der Waals surface area contributed by atoms with Gasteiger partial charge in [-0.1, -0.05) is 31.6 Å². The number of allylic oxidation sites excluding steroid dienone is 1. The lowest BCUT2D eigenvalue weighted by Crippen LogP contribution is -2.54. The average molecular weight is 316 g/mol. The maximum absolute atomic E-state index is 11.1. The third kappa shape index (κ3) is 1.94. The summed E-state index contributed by atoms with van der Waals surface area (Å²) < 4.78 is 0. The van der Waals surface area contributed by atoms with Gasteiger partial charge in [-0.2, -0.15) is 0 Å². The van der Waals surface area contributed by atoms with E-state index in [0.29, 0.717) is 17.3 Å². The highest BCUT2D eigenvalue weighted by molar-refractivity contribution is 5.27. The molecule has 4 aliphatic carbocycles. The zero-order chi connectivity index (χ0) is 16.5. The first-order chi connectivity index (χ1) is 10.8. The lowest BCUT2D eigenvalue weighted by molar-refractivity contribution is -0.101. The van der Waals surface area contributed by atoms with Gasteiger partial charge in [-0.05, 0) is 74.5 Å². The molecule has 0 bridgehead atoms. The number of fused-ring (bicyclic) bond motifs is 5. The molecule has 0 heterocycles. The molecule has 0 aliphatic heterocycles. The van der Waals surface area contributed by atoms with Gasteiger partial charge in [0.15, 0.2) is 0 Å². The molecular formula is C21H32O2. The fraction of sp³-hybridized carbons (Fsp3) is 0.810. The zero-order valence-electron chi connectivity index (χ0n) is 14.7. The van der Waals surface area contributed by atoms with Gasteiger partial charge in [0, 0.05) is 5.41 Å². The smallest absolute Gasteiger partial charge is 0.0881 e. The molecule has 0 aromatic heterocycles. The van der Waals surface area contributed by atoms with Crippen LogP contribution >= 0.6 is 0 Å². The lowest BCUT2D eigenvalue weighted by atomic mass is 9.47. The summed E-state index contributed by atoms with van der Waals surface area (Å²) in [5.41, 5.74) is 1.15. The molecular weight excluding hydrogens is 284 g/mol. The van der Waals surface area contributed by atoms with Crippen LogP contribution in [0.5, 0.6) is 0 Å². The minimum absolute atomic E-state index is 0.00575. The van der Waals surface area contributed by atoms with Crippen LogP contribution in [0, 0.1) is 28.6 Å². The van der Waals surface area contributed by atoms with Crippen LogP contribution in [0.4, 0.5) is 0 Å². The largest absolute Gasteiger partial charge is 0.393 e. The molecule has 0 aromatic carbocycles. The van der Waals surface area contributed by atoms with Crippen LogP contribution in [-0.2, 0) is 0 Å². The first-order valence-corrected chi connectivity index (χ1v) is 9.58. The number of hydrogen-bond acceptors (Lipinski definition) is 2. The van der Waals surface area contributed by atoms with Gasteiger partial charge in [-0.3, -0.25) is 0 Å². The molecule has 3 saturated carbocycles. The average Bonchev–Trinajstić information content (AvgIpc) is 2.80. The lowest BCUT2D eigenvalue weighted by Gasteiger charge is -2.58. The summed E-state index contributed by atoms with van der Waals surface area (Å²) in [5.74, 6) is 2.05. The maximum atomic E-state index is 11.1. The molecule has 3 fully saturated rings. The number of aliphatic hydroxyl groups is 2. The van der Waals surface area contributed by atoms with Crippen LogP contribution in [0.3, 0.4) is 0 Å². The van der Waals surface area contributed by atoms with Crippen molar-refractivity contribution in [3.8, 4) is 0 Å². The molecule has 4 rings (SSSR count). The van der Waals surface area contributed by atoms with Crippen LogP contribution in [-0.4, -0.2) is 21.9 Å². The van der Waals surface area contributed by atoms with Gasteiger partial charge in [0.25, 0.3) is 0 Å². The van der Waals surface area contributed by atoms with Crippen molar-refractivity contribution in [2.45, 2.75) is 76.9 Å². The van der Waals surface area contributed by atoms with Gasteiger partial charge >= 0.3 is 0 Å². The molecule has 2 nitrogen and oxygen atoms in total. The third-order valence-electron chi connectivity index (χ3n) is 8.63. The standard InChI is InChI=1S/C21H32O2/c1-4-21(23)12-9-18-16-6-5-14-13-15(22)7-10-19(14,2)17(16)8-11-20(18,21)3/h4-5,15-18,22-23H,1,6-13H2,2-3H3/t15-,16-,17+,18+,19-,20-,21-/m0/s1. The zero-order valence-corrected chi connectivity index (χ0v) is 14.7. The predicted molar refractivity (Wildman–Crippen MR) is 92.9 cm³/mol. The second kappa shape index (κ2) is 4.95. The number of hydrogen-bond donors (Lipinski definition) is 2. The van der Waals surface area contributed by atoms with E-state index >= 15 is 0 Å². The molecule has 2 N–H and O–H groups in total. The summed E-state index contributed by atoms with van der Waals surface area (Å²) in [6.07, 6.45) is 12.6. The van der Waals surface area contributed by atoms with E-state index in [2.05, 4.69) is 26.5 Å². The minimum Gasteiger partial charge on any atom is -0.393 e. The Morgan fingerprint density at radius 2 is 1.87 bits per heavy atom. The second-order valence-electron chi connectivity index (χ2n) is 9.28. The SMILES string of the molecule is C=C[C@]1(O)CC[C@@H]2[C@H]3CC=C4C[C@@H](O)CC[C@]4(C)[C@@H]3CC[C@@]21C. The molecule has 0 radical (unpaired) electrons. The number of aliphatic hydroxyl groups excluding tert-OH is 1. The normalized spacial score (nSPS) is 55.4. The van der Waals surface area contributed by atoms with E-state index in [1.807, 2.05) is 6.08 Å². The van der Waals surface area contributed by atoms with Gasteiger partial charge in [-0.15, -0.1) is 6.58 Å². The fourth-order valence-corrected chi connectivity index (χ4v) is 7.03. The fourth-order valence-electron chi connectivity index (χ4n) is 7.03. The van der Waals surface area contributed by atoms with Crippen molar-refractivity contribution in [2.24, 2.45) is 28.6 Å². The van der Waals surface area contributed by atoms with E-state index in [0.717, 1.165) is 50.9 Å². The first-order valence-electron chi connectivity index (χ1n) is 9.58. The monoisotopic (exact) mass is 316 g/mol. The highest BCUT2D eigenvalue weighted by atomic mass is 16.3. The van der Waals surface area contributed by atoms with Gasteiger partial charge in [-0.25, -0.2) is 0 Å². The van der Waals surface area contributed by atoms with E-state index in [-0.39, 0.29) is 11.5 Å². The Morgan fingerprint density at radius 3 is 2.61 bits per heavy atom. The Balaban J connectivity index is 1.69. The van der Waals surface area contributed by atoms with E-state index in [4.69, 9.17) is 0 Å². The molecule has 7 atom stereocenters. The molecule has 0 amide bonds. The van der Waals surface area contributed by atoms with Crippen molar-refractivity contribution in [1.82, 2.24) is 0 Å². The summed E-state index contributed by atoms with van der Waals surface area (Å²) in [7, 11) is 0. The molecule has 2 heteroatoms. The Labute approximate surface area is 140 Å². The van der Waals surface area contributed by atoms with Crippen molar-refractivity contribution in [1.29, 1.82) is 0 Å². The third-order valence-corrected chi connectivity index (χ3v) is 8.63. The van der Waals surface area contributed by atoms with Gasteiger partial charge in [0.2, 0.25) is 0 Å².